The van der Waals surface area contributed by atoms with Crippen molar-refractivity contribution in [1.29, 1.82) is 0 Å². The summed E-state index contributed by atoms with van der Waals surface area (Å²) in [5, 5.41) is 11.9. The van der Waals surface area contributed by atoms with Gasteiger partial charge in [0.1, 0.15) is 5.75 Å². The highest BCUT2D eigenvalue weighted by atomic mass is 35.5. The highest BCUT2D eigenvalue weighted by molar-refractivity contribution is 6.30. The Morgan fingerprint density at radius 3 is 2.35 bits per heavy atom. The topological polar surface area (TPSA) is 92.4 Å². The van der Waals surface area contributed by atoms with Crippen LogP contribution in [0.3, 0.4) is 0 Å². The molecule has 0 radical (unpaired) electrons. The first-order valence-electron chi connectivity index (χ1n) is 11.4. The molecular formula is C24H26ClN7O2. The third kappa shape index (κ3) is 5.21. The second kappa shape index (κ2) is 10.2. The van der Waals surface area contributed by atoms with E-state index in [4.69, 9.17) is 26.0 Å². The van der Waals surface area contributed by atoms with Gasteiger partial charge in [-0.25, -0.2) is 14.6 Å². The van der Waals surface area contributed by atoms with Crippen LogP contribution in [0.4, 0.5) is 17.3 Å². The molecule has 34 heavy (non-hydrogen) atoms. The van der Waals surface area contributed by atoms with Crippen LogP contribution in [0.2, 0.25) is 5.02 Å². The molecule has 9 nitrogen and oxygen atoms in total. The zero-order valence-corrected chi connectivity index (χ0v) is 19.7. The summed E-state index contributed by atoms with van der Waals surface area (Å²) in [4.78, 5) is 14.0. The van der Waals surface area contributed by atoms with Gasteiger partial charge in [-0.3, -0.25) is 4.90 Å². The van der Waals surface area contributed by atoms with Crippen LogP contribution >= 0.6 is 11.6 Å². The molecule has 10 heteroatoms. The van der Waals surface area contributed by atoms with E-state index in [9.17, 15) is 0 Å². The van der Waals surface area contributed by atoms with E-state index < -0.39 is 0 Å². The van der Waals surface area contributed by atoms with E-state index in [2.05, 4.69) is 49.5 Å². The lowest BCUT2D eigenvalue weighted by molar-refractivity contribution is 0.249. The third-order valence-corrected chi connectivity index (χ3v) is 5.93. The molecule has 1 fully saturated rings. The molecule has 0 amide bonds. The minimum Gasteiger partial charge on any atom is -0.494 e. The van der Waals surface area contributed by atoms with Crippen LogP contribution in [-0.4, -0.2) is 58.0 Å². The van der Waals surface area contributed by atoms with Gasteiger partial charge in [-0.15, -0.1) is 0 Å². The Balaban J connectivity index is 1.31. The maximum atomic E-state index is 6.01. The van der Waals surface area contributed by atoms with Crippen LogP contribution < -0.4 is 15.0 Å². The van der Waals surface area contributed by atoms with Crippen molar-refractivity contribution >= 4 is 40.2 Å². The van der Waals surface area contributed by atoms with Gasteiger partial charge in [-0.05, 0) is 58.7 Å². The second-order valence-electron chi connectivity index (χ2n) is 8.19. The lowest BCUT2D eigenvalue weighted by atomic mass is 10.2. The Hall–Kier alpha value is -3.43. The third-order valence-electron chi connectivity index (χ3n) is 5.68. The summed E-state index contributed by atoms with van der Waals surface area (Å²) < 4.78 is 10.5. The quantitative estimate of drug-likeness (QED) is 0.391. The summed E-state index contributed by atoms with van der Waals surface area (Å²) in [5.41, 5.74) is 2.90. The zero-order chi connectivity index (χ0) is 23.3. The van der Waals surface area contributed by atoms with Gasteiger partial charge in [0.05, 0.1) is 6.61 Å². The molecule has 0 aliphatic carbocycles. The minimum absolute atomic E-state index is 0.371. The predicted octanol–water partition coefficient (Wildman–Crippen LogP) is 4.52. The first kappa shape index (κ1) is 22.4. The average molecular weight is 480 g/mol. The fourth-order valence-corrected chi connectivity index (χ4v) is 4.02. The number of ether oxygens (including phenoxy) is 1. The second-order valence-corrected chi connectivity index (χ2v) is 8.63. The van der Waals surface area contributed by atoms with Crippen molar-refractivity contribution in [2.24, 2.45) is 0 Å². The Morgan fingerprint density at radius 2 is 1.65 bits per heavy atom. The Kier molecular flexibility index (Phi) is 6.73. The van der Waals surface area contributed by atoms with Crippen LogP contribution in [0.5, 0.6) is 5.75 Å². The van der Waals surface area contributed by atoms with Crippen molar-refractivity contribution in [2.75, 3.05) is 43.0 Å². The first-order chi connectivity index (χ1) is 16.7. The van der Waals surface area contributed by atoms with Gasteiger partial charge in [0.2, 0.25) is 11.3 Å². The molecule has 2 aromatic heterocycles. The molecule has 1 saturated heterocycles. The normalized spacial score (nSPS) is 14.5. The predicted molar refractivity (Wildman–Crippen MR) is 132 cm³/mol. The first-order valence-corrected chi connectivity index (χ1v) is 11.8. The van der Waals surface area contributed by atoms with Gasteiger partial charge in [0, 0.05) is 43.4 Å². The standard InChI is InChI=1S/C24H26ClN7O2/c1-2-15-33-20-9-7-19(8-10-20)26-23-24(28-22-21(27-23)29-34-30-22)32-13-11-31(12-14-32)16-17-3-5-18(25)6-4-17/h3-10H,2,11-16H2,1H3,(H,26,27,29). The minimum atomic E-state index is 0.371. The van der Waals surface area contributed by atoms with E-state index in [1.807, 2.05) is 36.4 Å². The van der Waals surface area contributed by atoms with Crippen LogP contribution in [0, 0.1) is 0 Å². The number of nitrogens with zero attached hydrogens (tertiary/aromatic N) is 6. The van der Waals surface area contributed by atoms with Crippen molar-refractivity contribution < 1.29 is 9.37 Å². The monoisotopic (exact) mass is 479 g/mol. The number of piperazine rings is 1. The van der Waals surface area contributed by atoms with Crippen molar-refractivity contribution in [3.05, 3.63) is 59.1 Å². The van der Waals surface area contributed by atoms with Crippen LogP contribution in [-0.2, 0) is 6.54 Å². The van der Waals surface area contributed by atoms with E-state index in [0.717, 1.165) is 61.4 Å². The fourth-order valence-electron chi connectivity index (χ4n) is 3.89. The van der Waals surface area contributed by atoms with Crippen molar-refractivity contribution in [2.45, 2.75) is 19.9 Å². The van der Waals surface area contributed by atoms with Gasteiger partial charge < -0.3 is 15.0 Å². The summed E-state index contributed by atoms with van der Waals surface area (Å²) >= 11 is 6.01. The zero-order valence-electron chi connectivity index (χ0n) is 18.9. The molecule has 2 aromatic carbocycles. The van der Waals surface area contributed by atoms with Crippen LogP contribution in [0.15, 0.2) is 53.2 Å². The highest BCUT2D eigenvalue weighted by Gasteiger charge is 2.23. The Labute approximate surface area is 202 Å². The number of hydrogen-bond acceptors (Lipinski definition) is 9. The fraction of sp³-hybridized carbons (Fsp3) is 0.333. The molecule has 4 aromatic rings. The summed E-state index contributed by atoms with van der Waals surface area (Å²) in [7, 11) is 0. The van der Waals surface area contributed by atoms with Gasteiger partial charge in [-0.1, -0.05) is 30.7 Å². The average Bonchev–Trinajstić information content (AvgIpc) is 3.32. The summed E-state index contributed by atoms with van der Waals surface area (Å²) in [6.45, 7) is 7.12. The van der Waals surface area contributed by atoms with E-state index in [-0.39, 0.29) is 0 Å². The highest BCUT2D eigenvalue weighted by Crippen LogP contribution is 2.29. The summed E-state index contributed by atoms with van der Waals surface area (Å²) in [5.74, 6) is 2.20. The van der Waals surface area contributed by atoms with E-state index >= 15 is 0 Å². The largest absolute Gasteiger partial charge is 0.494 e. The number of aromatic nitrogens is 4. The van der Waals surface area contributed by atoms with Gasteiger partial charge in [-0.2, -0.15) is 0 Å². The number of hydrogen-bond donors (Lipinski definition) is 1. The molecule has 0 spiro atoms. The molecule has 0 saturated carbocycles. The smallest absolute Gasteiger partial charge is 0.245 e. The van der Waals surface area contributed by atoms with Gasteiger partial charge in [0.25, 0.3) is 0 Å². The number of anilines is 3. The number of rotatable bonds is 8. The molecule has 0 bridgehead atoms. The van der Waals surface area contributed by atoms with E-state index in [1.54, 1.807) is 0 Å². The Bertz CT molecular complexity index is 1220. The Morgan fingerprint density at radius 1 is 0.941 bits per heavy atom. The molecule has 0 atom stereocenters. The molecule has 176 valence electrons. The number of fused-ring (bicyclic) bond motifs is 1. The van der Waals surface area contributed by atoms with E-state index in [1.165, 1.54) is 5.56 Å². The van der Waals surface area contributed by atoms with Crippen LogP contribution in [0.25, 0.3) is 11.3 Å². The number of halogens is 1. The maximum absolute atomic E-state index is 6.01. The summed E-state index contributed by atoms with van der Waals surface area (Å²) in [6, 6.07) is 15.8. The SMILES string of the molecule is CCCOc1ccc(Nc2nc3nonc3nc2N2CCN(Cc3ccc(Cl)cc3)CC2)cc1. The number of nitrogens with one attached hydrogen (secondary N) is 1. The van der Waals surface area contributed by atoms with E-state index in [0.29, 0.717) is 23.7 Å². The maximum Gasteiger partial charge on any atom is 0.245 e. The molecule has 5 rings (SSSR count). The van der Waals surface area contributed by atoms with Crippen LogP contribution in [0.1, 0.15) is 18.9 Å². The number of benzene rings is 2. The molecule has 0 unspecified atom stereocenters. The van der Waals surface area contributed by atoms with Crippen molar-refractivity contribution in [3.63, 3.8) is 0 Å². The lowest BCUT2D eigenvalue weighted by Gasteiger charge is -2.35. The summed E-state index contributed by atoms with van der Waals surface area (Å²) in [6.07, 6.45) is 0.970. The molecule has 1 aliphatic heterocycles. The van der Waals surface area contributed by atoms with Gasteiger partial charge in [0.15, 0.2) is 11.6 Å². The van der Waals surface area contributed by atoms with Crippen molar-refractivity contribution in [3.8, 4) is 5.75 Å². The molecule has 3 heterocycles. The lowest BCUT2D eigenvalue weighted by Crippen LogP contribution is -2.46. The van der Waals surface area contributed by atoms with Crippen molar-refractivity contribution in [1.82, 2.24) is 25.2 Å². The molecule has 1 N–H and O–H groups in total. The molecule has 1 aliphatic rings. The van der Waals surface area contributed by atoms with Gasteiger partial charge >= 0.3 is 0 Å². The molecular weight excluding hydrogens is 454 g/mol.